The Kier molecular flexibility index (Phi) is 14.5. The third-order valence-electron chi connectivity index (χ3n) is 12.8. The standard InChI is InChI=1S/C27H25F3N4O3S.C26H23F3N4O3S/c1-2-38(36,37)22-11-5-18(6-12-22)15-32-26(35)19-14-23-25(31-16-19)34(21-9-10-21)24(33-23)13-17-3-7-20(8-4-17)27(28,29)30;1-37(35,36)21-10-4-17(5-11-21)14-31-25(34)18-13-22-24(30-15-18)33(20-8-9-20)23(32-22)12-16-2-6-19(7-3-16)26(27,28)29/h3-8,11-12,14,16,21H,2,9-10,13,15H2,1H3,(H,32,35);2-7,10-11,13,15,20H,8-9,12,14H2,1H3,(H,31,34). The molecule has 4 heterocycles. The molecule has 2 aliphatic carbocycles. The van der Waals surface area contributed by atoms with Crippen LogP contribution in [0.25, 0.3) is 22.3 Å². The molecule has 0 saturated heterocycles. The van der Waals surface area contributed by atoms with Gasteiger partial charge in [-0.1, -0.05) is 55.5 Å². The molecule has 8 aromatic rings. The van der Waals surface area contributed by atoms with Crippen molar-refractivity contribution >= 4 is 53.8 Å². The Bertz CT molecular complexity index is 3650. The third-order valence-corrected chi connectivity index (χ3v) is 15.6. The average molecular weight is 1070 g/mol. The lowest BCUT2D eigenvalue weighted by atomic mass is 10.1. The van der Waals surface area contributed by atoms with Crippen LogP contribution >= 0.6 is 0 Å². The lowest BCUT2D eigenvalue weighted by Gasteiger charge is -2.09. The van der Waals surface area contributed by atoms with Crippen LogP contribution in [0.3, 0.4) is 0 Å². The molecule has 10 rings (SSSR count). The van der Waals surface area contributed by atoms with Gasteiger partial charge in [0.15, 0.2) is 31.0 Å². The van der Waals surface area contributed by atoms with Crippen LogP contribution in [-0.4, -0.2) is 69.7 Å². The van der Waals surface area contributed by atoms with Crippen LogP contribution in [0.15, 0.2) is 131 Å². The Hall–Kier alpha value is -7.46. The maximum absolute atomic E-state index is 12.9. The van der Waals surface area contributed by atoms with Crippen LogP contribution in [0.1, 0.15) is 110 Å². The van der Waals surface area contributed by atoms with Crippen molar-refractivity contribution in [2.45, 2.75) is 92.8 Å². The minimum atomic E-state index is -4.39. The second-order valence-electron chi connectivity index (χ2n) is 18.5. The summed E-state index contributed by atoms with van der Waals surface area (Å²) in [6.45, 7) is 2.00. The van der Waals surface area contributed by atoms with Crippen molar-refractivity contribution in [3.05, 3.63) is 178 Å². The maximum Gasteiger partial charge on any atom is 0.416 e. The molecule has 0 unspecified atom stereocenters. The number of nitrogens with zero attached hydrogens (tertiary/aromatic N) is 6. The molecule has 14 nitrogen and oxygen atoms in total. The number of carbonyl (C=O) groups excluding carboxylic acids is 2. The summed E-state index contributed by atoms with van der Waals surface area (Å²) in [6, 6.07) is 26.5. The Balaban J connectivity index is 0.000000184. The number of alkyl halides is 6. The molecule has 0 radical (unpaired) electrons. The molecule has 0 aliphatic heterocycles. The van der Waals surface area contributed by atoms with Crippen LogP contribution in [-0.2, 0) is 58.0 Å². The van der Waals surface area contributed by atoms with E-state index in [9.17, 15) is 52.8 Å². The summed E-state index contributed by atoms with van der Waals surface area (Å²) < 4.78 is 129. The van der Waals surface area contributed by atoms with E-state index in [1.165, 1.54) is 60.9 Å². The van der Waals surface area contributed by atoms with E-state index in [2.05, 4.69) is 30.6 Å². The molecule has 4 aromatic heterocycles. The zero-order chi connectivity index (χ0) is 53.5. The summed E-state index contributed by atoms with van der Waals surface area (Å²) >= 11 is 0. The molecule has 2 saturated carbocycles. The van der Waals surface area contributed by atoms with E-state index in [-0.39, 0.29) is 52.5 Å². The van der Waals surface area contributed by atoms with E-state index >= 15 is 0 Å². The number of amides is 2. The summed E-state index contributed by atoms with van der Waals surface area (Å²) in [5.41, 5.74) is 4.50. The van der Waals surface area contributed by atoms with E-state index in [1.807, 2.05) is 9.13 Å². The second-order valence-corrected chi connectivity index (χ2v) is 22.8. The van der Waals surface area contributed by atoms with Gasteiger partial charge in [-0.3, -0.25) is 9.59 Å². The number of sulfone groups is 2. The number of rotatable bonds is 15. The Morgan fingerprint density at radius 3 is 1.25 bits per heavy atom. The zero-order valence-corrected chi connectivity index (χ0v) is 41.9. The number of halogens is 6. The predicted octanol–water partition coefficient (Wildman–Crippen LogP) is 9.81. The highest BCUT2D eigenvalue weighted by Gasteiger charge is 2.33. The van der Waals surface area contributed by atoms with Gasteiger partial charge in [-0.2, -0.15) is 26.3 Å². The summed E-state index contributed by atoms with van der Waals surface area (Å²) in [4.78, 5) is 44.4. The normalized spacial score (nSPS) is 14.1. The number of imidazole rings is 2. The molecule has 0 bridgehead atoms. The van der Waals surface area contributed by atoms with Gasteiger partial charge < -0.3 is 19.8 Å². The van der Waals surface area contributed by atoms with Gasteiger partial charge in [0.25, 0.3) is 11.8 Å². The van der Waals surface area contributed by atoms with Gasteiger partial charge in [-0.05, 0) is 109 Å². The number of benzene rings is 4. The van der Waals surface area contributed by atoms with E-state index in [1.54, 1.807) is 43.3 Å². The van der Waals surface area contributed by atoms with Crippen LogP contribution in [0.2, 0.25) is 0 Å². The first-order valence-corrected chi connectivity index (χ1v) is 27.3. The number of pyridine rings is 2. The molecule has 2 fully saturated rings. The van der Waals surface area contributed by atoms with Gasteiger partial charge in [0.1, 0.15) is 22.7 Å². The van der Waals surface area contributed by atoms with Gasteiger partial charge in [0.05, 0.1) is 37.8 Å². The average Bonchev–Trinajstić information content (AvgIpc) is 4.33. The Morgan fingerprint density at radius 2 is 0.920 bits per heavy atom. The lowest BCUT2D eigenvalue weighted by molar-refractivity contribution is -0.138. The molecule has 390 valence electrons. The first-order chi connectivity index (χ1) is 35.5. The molecular weight excluding hydrogens is 1020 g/mol. The summed E-state index contributed by atoms with van der Waals surface area (Å²) in [6.07, 6.45) is -0.134. The second kappa shape index (κ2) is 20.7. The summed E-state index contributed by atoms with van der Waals surface area (Å²) in [7, 11) is -6.59. The minimum absolute atomic E-state index is 0.0150. The molecule has 2 aliphatic rings. The summed E-state index contributed by atoms with van der Waals surface area (Å²) in [5.74, 6) is 0.686. The van der Waals surface area contributed by atoms with Gasteiger partial charge in [0, 0.05) is 56.7 Å². The maximum atomic E-state index is 12.9. The molecule has 2 amide bonds. The van der Waals surface area contributed by atoms with Crippen molar-refractivity contribution in [1.82, 2.24) is 39.7 Å². The number of aromatic nitrogens is 6. The fourth-order valence-corrected chi connectivity index (χ4v) is 9.90. The molecule has 0 atom stereocenters. The predicted molar refractivity (Wildman–Crippen MR) is 266 cm³/mol. The molecular formula is C53H48F6N8O6S2. The quantitative estimate of drug-likeness (QED) is 0.0936. The molecule has 2 N–H and O–H groups in total. The molecule has 4 aromatic carbocycles. The molecule has 22 heteroatoms. The number of hydrogen-bond acceptors (Lipinski definition) is 10. The first-order valence-electron chi connectivity index (χ1n) is 23.8. The van der Waals surface area contributed by atoms with Crippen molar-refractivity contribution in [3.8, 4) is 0 Å². The number of hydrogen-bond donors (Lipinski definition) is 2. The Labute approximate surface area is 427 Å². The van der Waals surface area contributed by atoms with Gasteiger partial charge in [0.2, 0.25) is 0 Å². The SMILES string of the molecule is CCS(=O)(=O)c1ccc(CNC(=O)c2cnc3c(c2)nc(Cc2ccc(C(F)(F)F)cc2)n3C2CC2)cc1.CS(=O)(=O)c1ccc(CNC(=O)c2cnc3c(c2)nc(Cc2ccc(C(F)(F)F)cc2)n3C2CC2)cc1. The highest BCUT2D eigenvalue weighted by molar-refractivity contribution is 7.91. The molecule has 0 spiro atoms. The van der Waals surface area contributed by atoms with E-state index in [0.29, 0.717) is 69.1 Å². The monoisotopic (exact) mass is 1070 g/mol. The third kappa shape index (κ3) is 12.4. The van der Waals surface area contributed by atoms with Crippen LogP contribution < -0.4 is 10.6 Å². The number of fused-ring (bicyclic) bond motifs is 2. The largest absolute Gasteiger partial charge is 0.416 e. The fraction of sp³-hybridized carbons (Fsp3) is 0.283. The first kappa shape index (κ1) is 52.4. The van der Waals surface area contributed by atoms with Gasteiger partial charge in [-0.25, -0.2) is 36.8 Å². The van der Waals surface area contributed by atoms with Crippen LogP contribution in [0, 0.1) is 0 Å². The van der Waals surface area contributed by atoms with Gasteiger partial charge in [-0.15, -0.1) is 0 Å². The fourth-order valence-electron chi connectivity index (χ4n) is 8.38. The van der Waals surface area contributed by atoms with Crippen molar-refractivity contribution in [2.24, 2.45) is 0 Å². The van der Waals surface area contributed by atoms with E-state index in [0.717, 1.165) is 67.3 Å². The Morgan fingerprint density at radius 1 is 0.560 bits per heavy atom. The van der Waals surface area contributed by atoms with E-state index in [4.69, 9.17) is 0 Å². The van der Waals surface area contributed by atoms with Crippen molar-refractivity contribution in [1.29, 1.82) is 0 Å². The van der Waals surface area contributed by atoms with E-state index < -0.39 is 43.2 Å². The van der Waals surface area contributed by atoms with Crippen molar-refractivity contribution < 1.29 is 52.8 Å². The van der Waals surface area contributed by atoms with Crippen molar-refractivity contribution in [2.75, 3.05) is 12.0 Å². The lowest BCUT2D eigenvalue weighted by Crippen LogP contribution is -2.23. The molecule has 75 heavy (non-hydrogen) atoms. The van der Waals surface area contributed by atoms with Crippen molar-refractivity contribution in [3.63, 3.8) is 0 Å². The highest BCUT2D eigenvalue weighted by Crippen LogP contribution is 2.40. The number of nitrogens with one attached hydrogen (secondary N) is 2. The minimum Gasteiger partial charge on any atom is -0.348 e. The topological polar surface area (TPSA) is 188 Å². The summed E-state index contributed by atoms with van der Waals surface area (Å²) in [5, 5.41) is 5.61. The number of carbonyl (C=O) groups is 2. The van der Waals surface area contributed by atoms with Gasteiger partial charge >= 0.3 is 12.4 Å². The van der Waals surface area contributed by atoms with Crippen LogP contribution in [0.4, 0.5) is 26.3 Å². The zero-order valence-electron chi connectivity index (χ0n) is 40.3. The van der Waals surface area contributed by atoms with Crippen LogP contribution in [0.5, 0.6) is 0 Å². The highest BCUT2D eigenvalue weighted by atomic mass is 32.2. The smallest absolute Gasteiger partial charge is 0.348 e.